The molecular formula is C41H32N2O3S2. The number of amides is 1. The Morgan fingerprint density at radius 2 is 1.54 bits per heavy atom. The molecule has 1 aliphatic heterocycles. The molecule has 1 aromatic heterocycles. The molecule has 0 atom stereocenters. The van der Waals surface area contributed by atoms with Crippen molar-refractivity contribution in [1.82, 2.24) is 9.47 Å². The number of hydrogen-bond acceptors (Lipinski definition) is 4. The lowest BCUT2D eigenvalue weighted by atomic mass is 9.82. The van der Waals surface area contributed by atoms with Gasteiger partial charge < -0.3 is 9.67 Å². The van der Waals surface area contributed by atoms with Gasteiger partial charge in [0, 0.05) is 21.9 Å². The highest BCUT2D eigenvalue weighted by atomic mass is 32.2. The smallest absolute Gasteiger partial charge is 0.323 e. The third-order valence-corrected chi connectivity index (χ3v) is 11.2. The third-order valence-electron chi connectivity index (χ3n) is 9.78. The van der Waals surface area contributed by atoms with Crippen LogP contribution in [0, 0.1) is 0 Å². The fraction of sp³-hybridized carbons (Fsp3) is 0.146. The van der Waals surface area contributed by atoms with Gasteiger partial charge in [-0.3, -0.25) is 14.5 Å². The highest BCUT2D eigenvalue weighted by Crippen LogP contribution is 2.51. The quantitative estimate of drug-likeness (QED) is 0.142. The van der Waals surface area contributed by atoms with Gasteiger partial charge in [-0.05, 0) is 93.4 Å². The first-order valence-electron chi connectivity index (χ1n) is 16.0. The first kappa shape index (κ1) is 30.4. The fourth-order valence-corrected chi connectivity index (χ4v) is 8.50. The number of hydrogen-bond donors (Lipinski definition) is 1. The number of thioether (sulfide) groups is 1. The van der Waals surface area contributed by atoms with Crippen LogP contribution in [0.5, 0.6) is 0 Å². The molecule has 0 radical (unpaired) electrons. The Morgan fingerprint density at radius 1 is 0.833 bits per heavy atom. The number of thiocarbonyl (C=S) groups is 1. The fourth-order valence-electron chi connectivity index (χ4n) is 7.25. The lowest BCUT2D eigenvalue weighted by molar-refractivity contribution is -0.140. The number of carbonyl (C=O) groups is 2. The van der Waals surface area contributed by atoms with Gasteiger partial charge in [0.2, 0.25) is 0 Å². The van der Waals surface area contributed by atoms with Crippen LogP contribution >= 0.6 is 24.0 Å². The molecule has 0 unspecified atom stereocenters. The van der Waals surface area contributed by atoms with Crippen LogP contribution in [-0.2, 0) is 21.4 Å². The SMILES string of the molecule is CCc1ccc(-n2c3ccc(-c4ccc(/C=C5\SC(=S)N(CC(=O)O)C5=O)cc4)cc3c3cc4c(cc32)C(C)(C)c2ccccc2-4)cc1. The van der Waals surface area contributed by atoms with Crippen LogP contribution in [0.4, 0.5) is 0 Å². The van der Waals surface area contributed by atoms with Crippen molar-refractivity contribution >= 4 is 68.1 Å². The van der Waals surface area contributed by atoms with Crippen molar-refractivity contribution in [1.29, 1.82) is 0 Å². The van der Waals surface area contributed by atoms with Crippen LogP contribution in [0.15, 0.2) is 108 Å². The molecule has 5 nitrogen and oxygen atoms in total. The molecule has 5 aromatic carbocycles. The molecule has 2 aliphatic rings. The van der Waals surface area contributed by atoms with Crippen molar-refractivity contribution in [3.63, 3.8) is 0 Å². The van der Waals surface area contributed by atoms with E-state index >= 15 is 0 Å². The number of aromatic nitrogens is 1. The largest absolute Gasteiger partial charge is 0.480 e. The standard InChI is InChI=1S/C41H32N2O3S2/c1-4-24-11-16-28(17-12-24)43-35-18-15-27(26-13-9-25(10-14-26)19-37-39(46)42(23-38(44)45)40(47)48-37)20-31(35)32-21-30-29-7-5-6-8-33(29)41(2,3)34(30)22-36(32)43/h5-22H,4,23H2,1-3H3,(H,44,45)/b37-19-. The Hall–Kier alpha value is -4.98. The second kappa shape index (κ2) is 11.3. The summed E-state index contributed by atoms with van der Waals surface area (Å²) >= 11 is 6.38. The average Bonchev–Trinajstić information content (AvgIpc) is 3.64. The number of aliphatic carboxylic acids is 1. The minimum atomic E-state index is -1.09. The maximum atomic E-state index is 12.8. The molecule has 2 heterocycles. The number of benzene rings is 5. The molecule has 0 spiro atoms. The number of carbonyl (C=O) groups excluding carboxylic acids is 1. The second-order valence-electron chi connectivity index (χ2n) is 13.0. The van der Waals surface area contributed by atoms with E-state index in [4.69, 9.17) is 17.3 Å². The van der Waals surface area contributed by atoms with Crippen molar-refractivity contribution in [2.24, 2.45) is 0 Å². The molecule has 236 valence electrons. The third kappa shape index (κ3) is 4.80. The summed E-state index contributed by atoms with van der Waals surface area (Å²) in [7, 11) is 0. The lowest BCUT2D eigenvalue weighted by Crippen LogP contribution is -2.33. The van der Waals surface area contributed by atoms with E-state index in [2.05, 4.69) is 116 Å². The molecule has 7 heteroatoms. The van der Waals surface area contributed by atoms with Crippen molar-refractivity contribution in [2.75, 3.05) is 6.54 Å². The Kier molecular flexibility index (Phi) is 7.16. The highest BCUT2D eigenvalue weighted by Gasteiger charge is 2.36. The van der Waals surface area contributed by atoms with Crippen molar-refractivity contribution in [2.45, 2.75) is 32.6 Å². The minimum absolute atomic E-state index is 0.100. The van der Waals surface area contributed by atoms with Gasteiger partial charge in [-0.1, -0.05) is 111 Å². The summed E-state index contributed by atoms with van der Waals surface area (Å²) in [6, 6.07) is 37.3. The van der Waals surface area contributed by atoms with E-state index in [1.165, 1.54) is 44.1 Å². The molecule has 1 saturated heterocycles. The Balaban J connectivity index is 1.24. The Bertz CT molecular complexity index is 2370. The summed E-state index contributed by atoms with van der Waals surface area (Å²) in [4.78, 5) is 25.5. The van der Waals surface area contributed by atoms with Gasteiger partial charge in [0.05, 0.1) is 15.9 Å². The number of carboxylic acids is 1. The number of carboxylic acid groups (broad SMARTS) is 1. The average molecular weight is 665 g/mol. The van der Waals surface area contributed by atoms with Gasteiger partial charge in [0.15, 0.2) is 0 Å². The predicted molar refractivity (Wildman–Crippen MR) is 201 cm³/mol. The van der Waals surface area contributed by atoms with Gasteiger partial charge in [0.25, 0.3) is 5.91 Å². The normalized spacial score (nSPS) is 15.9. The minimum Gasteiger partial charge on any atom is -0.480 e. The zero-order chi connectivity index (χ0) is 33.3. The van der Waals surface area contributed by atoms with E-state index in [1.54, 1.807) is 6.08 Å². The first-order valence-corrected chi connectivity index (χ1v) is 17.3. The van der Waals surface area contributed by atoms with Crippen LogP contribution in [0.3, 0.4) is 0 Å². The van der Waals surface area contributed by atoms with Gasteiger partial charge in [-0.25, -0.2) is 0 Å². The molecule has 1 N–H and O–H groups in total. The topological polar surface area (TPSA) is 62.5 Å². The lowest BCUT2D eigenvalue weighted by Gasteiger charge is -2.21. The van der Waals surface area contributed by atoms with E-state index in [1.807, 2.05) is 12.1 Å². The Morgan fingerprint density at radius 3 is 2.27 bits per heavy atom. The van der Waals surface area contributed by atoms with E-state index in [9.17, 15) is 9.59 Å². The van der Waals surface area contributed by atoms with Gasteiger partial charge in [0.1, 0.15) is 10.9 Å². The van der Waals surface area contributed by atoms with Crippen LogP contribution in [0.1, 0.15) is 43.0 Å². The molecular weight excluding hydrogens is 633 g/mol. The maximum Gasteiger partial charge on any atom is 0.323 e. The Labute approximate surface area is 288 Å². The van der Waals surface area contributed by atoms with Gasteiger partial charge >= 0.3 is 5.97 Å². The molecule has 1 amide bonds. The van der Waals surface area contributed by atoms with Crippen LogP contribution in [0.2, 0.25) is 0 Å². The van der Waals surface area contributed by atoms with Gasteiger partial charge in [-0.15, -0.1) is 0 Å². The maximum absolute atomic E-state index is 12.8. The van der Waals surface area contributed by atoms with E-state index in [-0.39, 0.29) is 15.6 Å². The van der Waals surface area contributed by atoms with Crippen molar-refractivity contribution in [3.05, 3.63) is 130 Å². The van der Waals surface area contributed by atoms with Crippen LogP contribution in [0.25, 0.3) is 55.8 Å². The molecule has 6 aromatic rings. The molecule has 1 fully saturated rings. The summed E-state index contributed by atoms with van der Waals surface area (Å²) in [5, 5.41) is 11.6. The van der Waals surface area contributed by atoms with Crippen LogP contribution in [-0.4, -0.2) is 37.3 Å². The number of nitrogens with zero attached hydrogens (tertiary/aromatic N) is 2. The number of fused-ring (bicyclic) bond motifs is 6. The highest BCUT2D eigenvalue weighted by molar-refractivity contribution is 8.26. The van der Waals surface area contributed by atoms with E-state index in [0.717, 1.165) is 51.0 Å². The summed E-state index contributed by atoms with van der Waals surface area (Å²) in [5.74, 6) is -1.47. The first-order chi connectivity index (χ1) is 23.1. The predicted octanol–water partition coefficient (Wildman–Crippen LogP) is 9.61. The molecule has 1 aliphatic carbocycles. The number of aryl methyl sites for hydroxylation is 1. The monoisotopic (exact) mass is 664 g/mol. The van der Waals surface area contributed by atoms with Gasteiger partial charge in [-0.2, -0.15) is 0 Å². The summed E-state index contributed by atoms with van der Waals surface area (Å²) in [6.07, 6.45) is 2.77. The van der Waals surface area contributed by atoms with Crippen molar-refractivity contribution < 1.29 is 14.7 Å². The zero-order valence-electron chi connectivity index (χ0n) is 26.8. The van der Waals surface area contributed by atoms with E-state index in [0.29, 0.717) is 4.91 Å². The molecule has 48 heavy (non-hydrogen) atoms. The van der Waals surface area contributed by atoms with Crippen LogP contribution < -0.4 is 0 Å². The summed E-state index contributed by atoms with van der Waals surface area (Å²) in [6.45, 7) is 6.40. The summed E-state index contributed by atoms with van der Waals surface area (Å²) in [5.41, 5.74) is 13.0. The number of rotatable bonds is 6. The second-order valence-corrected chi connectivity index (χ2v) is 14.6. The van der Waals surface area contributed by atoms with Crippen molar-refractivity contribution in [3.8, 4) is 27.9 Å². The molecule has 0 saturated carbocycles. The zero-order valence-corrected chi connectivity index (χ0v) is 28.4. The molecule has 0 bridgehead atoms. The molecule has 8 rings (SSSR count). The van der Waals surface area contributed by atoms with E-state index < -0.39 is 12.5 Å². The summed E-state index contributed by atoms with van der Waals surface area (Å²) < 4.78 is 2.66.